The number of nitrogens with zero attached hydrogens (tertiary/aromatic N) is 6. The van der Waals surface area contributed by atoms with Gasteiger partial charge in [0.25, 0.3) is 0 Å². The van der Waals surface area contributed by atoms with Crippen LogP contribution < -0.4 is 5.32 Å². The fourth-order valence-corrected chi connectivity index (χ4v) is 2.07. The maximum Gasteiger partial charge on any atom is 0.182 e. The van der Waals surface area contributed by atoms with Crippen molar-refractivity contribution in [3.05, 3.63) is 42.9 Å². The van der Waals surface area contributed by atoms with Gasteiger partial charge in [0.2, 0.25) is 0 Å². The lowest BCUT2D eigenvalue weighted by atomic mass is 10.4. The van der Waals surface area contributed by atoms with Gasteiger partial charge in [-0.25, -0.2) is 15.0 Å². The molecule has 0 fully saturated rings. The van der Waals surface area contributed by atoms with Crippen molar-refractivity contribution in [1.29, 1.82) is 0 Å². The Morgan fingerprint density at radius 3 is 3.15 bits per heavy atom. The SMILES string of the molecule is c1ccn2c(CNc3ncnc4nc[nH]c34)nnc2c1. The molecule has 0 bridgehead atoms. The van der Waals surface area contributed by atoms with E-state index in [0.29, 0.717) is 18.0 Å². The van der Waals surface area contributed by atoms with Crippen LogP contribution in [0, 0.1) is 0 Å². The lowest BCUT2D eigenvalue weighted by Gasteiger charge is -2.04. The van der Waals surface area contributed by atoms with Gasteiger partial charge in [-0.1, -0.05) is 6.07 Å². The fourth-order valence-electron chi connectivity index (χ4n) is 2.07. The Kier molecular flexibility index (Phi) is 2.31. The Morgan fingerprint density at radius 1 is 1.15 bits per heavy atom. The largest absolute Gasteiger partial charge is 0.361 e. The molecule has 0 spiro atoms. The molecule has 0 aliphatic carbocycles. The predicted octanol–water partition coefficient (Wildman–Crippen LogP) is 1.01. The summed E-state index contributed by atoms with van der Waals surface area (Å²) in [5.74, 6) is 1.51. The first-order valence-corrected chi connectivity index (χ1v) is 6.08. The monoisotopic (exact) mass is 266 g/mol. The number of hydrogen-bond donors (Lipinski definition) is 2. The molecular formula is C12H10N8. The van der Waals surface area contributed by atoms with E-state index in [0.717, 1.165) is 17.0 Å². The van der Waals surface area contributed by atoms with Crippen molar-refractivity contribution in [3.63, 3.8) is 0 Å². The lowest BCUT2D eigenvalue weighted by molar-refractivity contribution is 0.912. The summed E-state index contributed by atoms with van der Waals surface area (Å²) < 4.78 is 1.93. The van der Waals surface area contributed by atoms with Crippen molar-refractivity contribution in [3.8, 4) is 0 Å². The van der Waals surface area contributed by atoms with Gasteiger partial charge >= 0.3 is 0 Å². The Hall–Kier alpha value is -3.03. The van der Waals surface area contributed by atoms with E-state index < -0.39 is 0 Å². The Morgan fingerprint density at radius 2 is 2.15 bits per heavy atom. The van der Waals surface area contributed by atoms with Crippen molar-refractivity contribution in [2.45, 2.75) is 6.54 Å². The van der Waals surface area contributed by atoms with E-state index in [2.05, 4.69) is 35.5 Å². The minimum Gasteiger partial charge on any atom is -0.361 e. The molecule has 4 aromatic rings. The number of anilines is 1. The van der Waals surface area contributed by atoms with E-state index in [9.17, 15) is 0 Å². The average Bonchev–Trinajstić information content (AvgIpc) is 3.12. The van der Waals surface area contributed by atoms with E-state index in [4.69, 9.17) is 0 Å². The fraction of sp³-hybridized carbons (Fsp3) is 0.0833. The van der Waals surface area contributed by atoms with Crippen LogP contribution in [-0.4, -0.2) is 34.5 Å². The highest BCUT2D eigenvalue weighted by molar-refractivity contribution is 5.81. The van der Waals surface area contributed by atoms with Gasteiger partial charge in [0.1, 0.15) is 11.8 Å². The van der Waals surface area contributed by atoms with Gasteiger partial charge in [0.15, 0.2) is 22.9 Å². The molecule has 0 aromatic carbocycles. The van der Waals surface area contributed by atoms with Gasteiger partial charge in [0, 0.05) is 6.20 Å². The minimum absolute atomic E-state index is 0.510. The lowest BCUT2D eigenvalue weighted by Crippen LogP contribution is -2.06. The molecule has 4 aromatic heterocycles. The molecule has 0 radical (unpaired) electrons. The first kappa shape index (κ1) is 10.9. The van der Waals surface area contributed by atoms with Crippen LogP contribution in [0.1, 0.15) is 5.82 Å². The second kappa shape index (κ2) is 4.26. The second-order valence-electron chi connectivity index (χ2n) is 4.22. The zero-order chi connectivity index (χ0) is 13.4. The quantitative estimate of drug-likeness (QED) is 0.574. The summed E-state index contributed by atoms with van der Waals surface area (Å²) >= 11 is 0. The van der Waals surface area contributed by atoms with Gasteiger partial charge in [0.05, 0.1) is 12.9 Å². The van der Waals surface area contributed by atoms with E-state index in [1.165, 1.54) is 6.33 Å². The number of rotatable bonds is 3. The van der Waals surface area contributed by atoms with Crippen molar-refractivity contribution < 1.29 is 0 Å². The molecule has 8 heteroatoms. The zero-order valence-corrected chi connectivity index (χ0v) is 10.4. The van der Waals surface area contributed by atoms with Crippen molar-refractivity contribution in [2.75, 3.05) is 5.32 Å². The van der Waals surface area contributed by atoms with Crippen LogP contribution in [0.25, 0.3) is 16.8 Å². The maximum absolute atomic E-state index is 4.21. The summed E-state index contributed by atoms with van der Waals surface area (Å²) in [4.78, 5) is 15.4. The van der Waals surface area contributed by atoms with Gasteiger partial charge in [-0.3, -0.25) is 4.40 Å². The molecule has 4 heterocycles. The minimum atomic E-state index is 0.510. The normalized spacial score (nSPS) is 11.2. The third kappa shape index (κ3) is 1.66. The van der Waals surface area contributed by atoms with Crippen LogP contribution in [0.3, 0.4) is 0 Å². The Balaban J connectivity index is 1.66. The molecule has 0 saturated carbocycles. The number of imidazole rings is 1. The predicted molar refractivity (Wildman–Crippen MR) is 72.0 cm³/mol. The Bertz CT molecular complexity index is 877. The zero-order valence-electron chi connectivity index (χ0n) is 10.4. The molecular weight excluding hydrogens is 256 g/mol. The smallest absolute Gasteiger partial charge is 0.182 e. The number of fused-ring (bicyclic) bond motifs is 2. The molecule has 0 unspecified atom stereocenters. The molecule has 98 valence electrons. The number of nitrogens with one attached hydrogen (secondary N) is 2. The second-order valence-corrected chi connectivity index (χ2v) is 4.22. The summed E-state index contributed by atoms with van der Waals surface area (Å²) in [6.45, 7) is 0.510. The molecule has 0 aliphatic heterocycles. The van der Waals surface area contributed by atoms with Crippen LogP contribution in [0.4, 0.5) is 5.82 Å². The summed E-state index contributed by atoms with van der Waals surface area (Å²) in [5.41, 5.74) is 2.23. The molecule has 4 rings (SSSR count). The average molecular weight is 266 g/mol. The molecule has 0 atom stereocenters. The van der Waals surface area contributed by atoms with Crippen molar-refractivity contribution in [2.24, 2.45) is 0 Å². The van der Waals surface area contributed by atoms with Crippen LogP contribution >= 0.6 is 0 Å². The first-order chi connectivity index (χ1) is 9.92. The van der Waals surface area contributed by atoms with Crippen molar-refractivity contribution in [1.82, 2.24) is 34.5 Å². The molecule has 2 N–H and O–H groups in total. The van der Waals surface area contributed by atoms with E-state index in [1.807, 2.05) is 28.8 Å². The van der Waals surface area contributed by atoms with Gasteiger partial charge < -0.3 is 10.3 Å². The van der Waals surface area contributed by atoms with Crippen molar-refractivity contribution >= 4 is 22.6 Å². The number of aromatic amines is 1. The number of pyridine rings is 1. The van der Waals surface area contributed by atoms with Gasteiger partial charge in [-0.2, -0.15) is 0 Å². The summed E-state index contributed by atoms with van der Waals surface area (Å²) in [5, 5.41) is 11.5. The van der Waals surface area contributed by atoms with Crippen LogP contribution in [0.5, 0.6) is 0 Å². The summed E-state index contributed by atoms with van der Waals surface area (Å²) in [7, 11) is 0. The highest BCUT2D eigenvalue weighted by Crippen LogP contribution is 2.15. The number of H-pyrrole nitrogens is 1. The third-order valence-corrected chi connectivity index (χ3v) is 3.02. The van der Waals surface area contributed by atoms with Crippen LogP contribution in [0.2, 0.25) is 0 Å². The van der Waals surface area contributed by atoms with Crippen LogP contribution in [-0.2, 0) is 6.54 Å². The van der Waals surface area contributed by atoms with Crippen LogP contribution in [0.15, 0.2) is 37.1 Å². The summed E-state index contributed by atoms with van der Waals surface area (Å²) in [6, 6.07) is 5.78. The van der Waals surface area contributed by atoms with E-state index in [1.54, 1.807) is 6.33 Å². The van der Waals surface area contributed by atoms with Gasteiger partial charge in [-0.05, 0) is 12.1 Å². The standard InChI is InChI=1S/C12H10N8/c1-2-4-20-8(3-1)18-19-9(20)5-13-11-10-12(15-6-14-10)17-7-16-11/h1-4,6-7H,5H2,(H2,13,14,15,16,17). The molecule has 0 saturated heterocycles. The van der Waals surface area contributed by atoms with Gasteiger partial charge in [-0.15, -0.1) is 10.2 Å². The first-order valence-electron chi connectivity index (χ1n) is 6.08. The topological polar surface area (TPSA) is 96.7 Å². The third-order valence-electron chi connectivity index (χ3n) is 3.02. The highest BCUT2D eigenvalue weighted by Gasteiger charge is 2.08. The highest BCUT2D eigenvalue weighted by atomic mass is 15.3. The maximum atomic E-state index is 4.21. The Labute approximate surface area is 112 Å². The van der Waals surface area contributed by atoms with E-state index >= 15 is 0 Å². The van der Waals surface area contributed by atoms with E-state index in [-0.39, 0.29) is 0 Å². The molecule has 8 nitrogen and oxygen atoms in total. The molecule has 0 aliphatic rings. The summed E-state index contributed by atoms with van der Waals surface area (Å²) in [6.07, 6.45) is 5.00. The molecule has 20 heavy (non-hydrogen) atoms. The number of hydrogen-bond acceptors (Lipinski definition) is 6. The molecule has 0 amide bonds. The number of aromatic nitrogens is 7.